The summed E-state index contributed by atoms with van der Waals surface area (Å²) in [7, 11) is 0. The van der Waals surface area contributed by atoms with Crippen molar-refractivity contribution in [2.24, 2.45) is 0 Å². The molecule has 5 nitrogen and oxygen atoms in total. The number of carbonyl (C=O) groups is 2. The van der Waals surface area contributed by atoms with Crippen LogP contribution in [0.5, 0.6) is 0 Å². The fourth-order valence-electron chi connectivity index (χ4n) is 2.43. The smallest absolute Gasteiger partial charge is 0.322 e. The highest BCUT2D eigenvalue weighted by Gasteiger charge is 2.34. The number of aliphatic hydroxyl groups excluding tert-OH is 1. The maximum absolute atomic E-state index is 12.2. The Morgan fingerprint density at radius 1 is 0.909 bits per heavy atom. The van der Waals surface area contributed by atoms with E-state index in [0.29, 0.717) is 5.56 Å². The second-order valence-corrected chi connectivity index (χ2v) is 4.90. The Hall–Kier alpha value is -3.08. The van der Waals surface area contributed by atoms with Gasteiger partial charge in [-0.3, -0.25) is 10.1 Å². The number of amides is 3. The summed E-state index contributed by atoms with van der Waals surface area (Å²) in [5.74, 6) is -0.745. The zero-order valence-electron chi connectivity index (χ0n) is 11.6. The van der Waals surface area contributed by atoms with Gasteiger partial charge in [0.25, 0.3) is 5.91 Å². The van der Waals surface area contributed by atoms with Gasteiger partial charge in [-0.05, 0) is 5.56 Å². The van der Waals surface area contributed by atoms with E-state index in [1.54, 1.807) is 36.4 Å². The van der Waals surface area contributed by atoms with Crippen LogP contribution in [0.3, 0.4) is 0 Å². The minimum atomic E-state index is -0.692. The van der Waals surface area contributed by atoms with Crippen LogP contribution in [0, 0.1) is 0 Å². The number of nitrogens with one attached hydrogen (secondary N) is 2. The molecule has 2 aromatic carbocycles. The van der Waals surface area contributed by atoms with Gasteiger partial charge in [0, 0.05) is 5.56 Å². The Labute approximate surface area is 127 Å². The summed E-state index contributed by atoms with van der Waals surface area (Å²) < 4.78 is 0. The van der Waals surface area contributed by atoms with Gasteiger partial charge >= 0.3 is 6.03 Å². The molecule has 3 amide bonds. The predicted octanol–water partition coefficient (Wildman–Crippen LogP) is 2.54. The van der Waals surface area contributed by atoms with E-state index >= 15 is 0 Å². The fourth-order valence-corrected chi connectivity index (χ4v) is 2.43. The van der Waals surface area contributed by atoms with Gasteiger partial charge in [0.15, 0.2) is 0 Å². The molecule has 1 saturated heterocycles. The van der Waals surface area contributed by atoms with E-state index in [0.717, 1.165) is 5.56 Å². The van der Waals surface area contributed by atoms with Crippen LogP contribution in [0.1, 0.15) is 17.2 Å². The van der Waals surface area contributed by atoms with Crippen LogP contribution in [0.25, 0.3) is 5.76 Å². The number of hydrogen-bond donors (Lipinski definition) is 3. The maximum atomic E-state index is 12.2. The lowest BCUT2D eigenvalue weighted by Crippen LogP contribution is -2.50. The van der Waals surface area contributed by atoms with Gasteiger partial charge in [0.05, 0.1) is 11.6 Å². The average molecular weight is 294 g/mol. The molecule has 1 atom stereocenters. The molecule has 0 aromatic heterocycles. The van der Waals surface area contributed by atoms with Crippen LogP contribution in [0.15, 0.2) is 66.2 Å². The van der Waals surface area contributed by atoms with Crippen molar-refractivity contribution in [3.8, 4) is 0 Å². The van der Waals surface area contributed by atoms with Crippen molar-refractivity contribution in [3.05, 3.63) is 77.4 Å². The average Bonchev–Trinajstić information content (AvgIpc) is 2.55. The highest BCUT2D eigenvalue weighted by Crippen LogP contribution is 2.29. The molecule has 0 spiro atoms. The van der Waals surface area contributed by atoms with Crippen molar-refractivity contribution in [1.29, 1.82) is 0 Å². The highest BCUT2D eigenvalue weighted by molar-refractivity contribution is 6.11. The number of aliphatic hydroxyl groups is 1. The first-order valence-electron chi connectivity index (χ1n) is 6.82. The molecule has 3 rings (SSSR count). The van der Waals surface area contributed by atoms with Gasteiger partial charge in [0.1, 0.15) is 5.76 Å². The highest BCUT2D eigenvalue weighted by atomic mass is 16.3. The van der Waals surface area contributed by atoms with Gasteiger partial charge in [-0.25, -0.2) is 4.79 Å². The van der Waals surface area contributed by atoms with Crippen molar-refractivity contribution in [3.63, 3.8) is 0 Å². The van der Waals surface area contributed by atoms with Crippen LogP contribution in [0.4, 0.5) is 4.79 Å². The van der Waals surface area contributed by atoms with Crippen LogP contribution < -0.4 is 10.6 Å². The van der Waals surface area contributed by atoms with Gasteiger partial charge in [-0.15, -0.1) is 0 Å². The van der Waals surface area contributed by atoms with E-state index in [2.05, 4.69) is 10.6 Å². The van der Waals surface area contributed by atoms with E-state index in [4.69, 9.17) is 0 Å². The van der Waals surface area contributed by atoms with Crippen LogP contribution in [0.2, 0.25) is 0 Å². The lowest BCUT2D eigenvalue weighted by atomic mass is 9.93. The van der Waals surface area contributed by atoms with Crippen molar-refractivity contribution in [1.82, 2.24) is 10.6 Å². The fraction of sp³-hybridized carbons (Fsp3) is 0.0588. The molecule has 1 fully saturated rings. The second-order valence-electron chi connectivity index (χ2n) is 4.90. The monoisotopic (exact) mass is 294 g/mol. The van der Waals surface area contributed by atoms with Crippen molar-refractivity contribution >= 4 is 17.7 Å². The molecule has 1 aliphatic rings. The summed E-state index contributed by atoms with van der Waals surface area (Å²) >= 11 is 0. The van der Waals surface area contributed by atoms with E-state index in [1.165, 1.54) is 0 Å². The Kier molecular flexibility index (Phi) is 3.62. The summed E-state index contributed by atoms with van der Waals surface area (Å²) in [5, 5.41) is 15.3. The summed E-state index contributed by atoms with van der Waals surface area (Å²) in [4.78, 5) is 23.8. The van der Waals surface area contributed by atoms with Gasteiger partial charge in [-0.1, -0.05) is 60.7 Å². The Morgan fingerprint density at radius 2 is 1.50 bits per heavy atom. The largest absolute Gasteiger partial charge is 0.507 e. The molecular weight excluding hydrogens is 280 g/mol. The van der Waals surface area contributed by atoms with E-state index < -0.39 is 18.0 Å². The Bertz CT molecular complexity index is 739. The molecule has 1 unspecified atom stereocenters. The molecule has 5 heteroatoms. The van der Waals surface area contributed by atoms with E-state index in [-0.39, 0.29) is 11.3 Å². The minimum Gasteiger partial charge on any atom is -0.507 e. The van der Waals surface area contributed by atoms with Gasteiger partial charge in [-0.2, -0.15) is 0 Å². The maximum Gasteiger partial charge on any atom is 0.322 e. The first-order chi connectivity index (χ1) is 10.7. The number of benzene rings is 2. The normalized spacial score (nSPS) is 20.1. The third kappa shape index (κ3) is 2.56. The van der Waals surface area contributed by atoms with Crippen LogP contribution in [-0.2, 0) is 4.79 Å². The standard InChI is InChI=1S/C17H14N2O3/c20-15(12-9-5-2-6-10-12)13-14(11-7-3-1-4-8-11)18-17(22)19-16(13)21/h1-10,14,20H,(H2,18,19,21,22)/b15-13+. The number of imide groups is 1. The number of urea groups is 1. The quantitative estimate of drug-likeness (QED) is 0.588. The second kappa shape index (κ2) is 5.73. The van der Waals surface area contributed by atoms with Gasteiger partial charge < -0.3 is 10.4 Å². The van der Waals surface area contributed by atoms with Crippen molar-refractivity contribution in [2.45, 2.75) is 6.04 Å². The minimum absolute atomic E-state index is 0.122. The Balaban J connectivity index is 2.12. The summed E-state index contributed by atoms with van der Waals surface area (Å²) in [6, 6.07) is 16.5. The van der Waals surface area contributed by atoms with E-state index in [9.17, 15) is 14.7 Å². The van der Waals surface area contributed by atoms with E-state index in [1.807, 2.05) is 24.3 Å². The molecule has 3 N–H and O–H groups in total. The zero-order valence-corrected chi connectivity index (χ0v) is 11.6. The van der Waals surface area contributed by atoms with Crippen molar-refractivity contribution < 1.29 is 14.7 Å². The molecule has 22 heavy (non-hydrogen) atoms. The lowest BCUT2D eigenvalue weighted by molar-refractivity contribution is -0.117. The summed E-state index contributed by atoms with van der Waals surface area (Å²) in [6.45, 7) is 0. The molecule has 0 bridgehead atoms. The third-order valence-corrected chi connectivity index (χ3v) is 3.47. The molecule has 1 heterocycles. The number of rotatable bonds is 2. The first-order valence-corrected chi connectivity index (χ1v) is 6.82. The topological polar surface area (TPSA) is 78.4 Å². The zero-order chi connectivity index (χ0) is 15.5. The van der Waals surface area contributed by atoms with Crippen LogP contribution in [-0.4, -0.2) is 17.0 Å². The van der Waals surface area contributed by atoms with Crippen LogP contribution >= 0.6 is 0 Å². The molecule has 110 valence electrons. The molecule has 0 radical (unpaired) electrons. The summed E-state index contributed by atoms with van der Waals surface area (Å²) in [5.41, 5.74) is 1.37. The summed E-state index contributed by atoms with van der Waals surface area (Å²) in [6.07, 6.45) is 0. The van der Waals surface area contributed by atoms with Crippen molar-refractivity contribution in [2.75, 3.05) is 0 Å². The number of carbonyl (C=O) groups excluding carboxylic acids is 2. The first kappa shape index (κ1) is 13.9. The van der Waals surface area contributed by atoms with Gasteiger partial charge in [0.2, 0.25) is 0 Å². The molecule has 0 saturated carbocycles. The Morgan fingerprint density at radius 3 is 2.14 bits per heavy atom. The number of hydrogen-bond acceptors (Lipinski definition) is 3. The third-order valence-electron chi connectivity index (χ3n) is 3.47. The molecule has 0 aliphatic carbocycles. The molecule has 1 aliphatic heterocycles. The lowest BCUT2D eigenvalue weighted by Gasteiger charge is -2.27. The molecular formula is C17H14N2O3. The molecule has 2 aromatic rings. The SMILES string of the molecule is O=C1NC(=O)/C(=C(/O)c2ccccc2)C(c2ccccc2)N1. The predicted molar refractivity (Wildman–Crippen MR) is 81.8 cm³/mol.